The van der Waals surface area contributed by atoms with Crippen LogP contribution in [0.1, 0.15) is 11.1 Å². The summed E-state index contributed by atoms with van der Waals surface area (Å²) in [5, 5.41) is 27.3. The summed E-state index contributed by atoms with van der Waals surface area (Å²) in [7, 11) is 0. The van der Waals surface area contributed by atoms with E-state index in [1.165, 1.54) is 18.2 Å². The molecular formula is C34H4F14N6S2. The average Bonchev–Trinajstić information content (AvgIpc) is 3.70. The van der Waals surface area contributed by atoms with Crippen LogP contribution in [0.4, 0.5) is 61.5 Å². The number of thioether (sulfide) groups is 2. The Balaban J connectivity index is 2.23. The van der Waals surface area contributed by atoms with Crippen molar-refractivity contribution in [1.82, 2.24) is 0 Å². The van der Waals surface area contributed by atoms with E-state index in [0.29, 0.717) is 0 Å². The SMILES string of the molecule is [C-]#[N+]C([N+]#[C-])=C1Cc2c(-c3c(F)c(F)c(SC(F)(F)F)c(F)c3F)c3c(c(-c4c(F)c(F)c(SC(F)(F)F)c(F)c4F)c2=C1[N+]#[C-])CC(=C(C#N)C#N)C=3C#N. The van der Waals surface area contributed by atoms with Crippen molar-refractivity contribution >= 4 is 34.8 Å². The Morgan fingerprint density at radius 2 is 0.929 bits per heavy atom. The van der Waals surface area contributed by atoms with Gasteiger partial charge in [0.15, 0.2) is 52.2 Å². The van der Waals surface area contributed by atoms with Crippen molar-refractivity contribution in [3.05, 3.63) is 125 Å². The van der Waals surface area contributed by atoms with Gasteiger partial charge in [-0.25, -0.2) is 40.0 Å². The van der Waals surface area contributed by atoms with Gasteiger partial charge < -0.3 is 0 Å². The molecule has 0 N–H and O–H groups in total. The van der Waals surface area contributed by atoms with Crippen LogP contribution >= 0.6 is 23.5 Å². The second-order valence-electron chi connectivity index (χ2n) is 10.9. The molecule has 0 aromatic heterocycles. The van der Waals surface area contributed by atoms with Crippen LogP contribution in [0.2, 0.25) is 0 Å². The third kappa shape index (κ3) is 6.33. The third-order valence-corrected chi connectivity index (χ3v) is 9.69. The second kappa shape index (κ2) is 14.3. The lowest BCUT2D eigenvalue weighted by atomic mass is 9.86. The first kappa shape index (κ1) is 40.7. The van der Waals surface area contributed by atoms with Gasteiger partial charge in [0.1, 0.15) is 36.9 Å². The van der Waals surface area contributed by atoms with Gasteiger partial charge in [0.05, 0.1) is 38.6 Å². The van der Waals surface area contributed by atoms with Crippen LogP contribution in [0, 0.1) is 100 Å². The molecule has 3 aromatic rings. The number of fused-ring (bicyclic) bond motifs is 2. The van der Waals surface area contributed by atoms with E-state index in [1.54, 1.807) is 0 Å². The monoisotopic (exact) mass is 826 g/mol. The molecule has 0 amide bonds. The molecule has 0 unspecified atom stereocenters. The first-order chi connectivity index (χ1) is 26.1. The molecular weight excluding hydrogens is 823 g/mol. The molecule has 280 valence electrons. The highest BCUT2D eigenvalue weighted by molar-refractivity contribution is 8.00. The number of nitriles is 3. The molecule has 0 radical (unpaired) electrons. The number of nitrogens with zero attached hydrogens (tertiary/aromatic N) is 6. The van der Waals surface area contributed by atoms with Crippen molar-refractivity contribution in [3.63, 3.8) is 0 Å². The van der Waals surface area contributed by atoms with Gasteiger partial charge in [-0.05, 0) is 57.4 Å². The normalized spacial score (nSPS) is 13.3. The molecule has 0 spiro atoms. The molecule has 56 heavy (non-hydrogen) atoms. The minimum atomic E-state index is -5.55. The Morgan fingerprint density at radius 3 is 1.27 bits per heavy atom. The highest BCUT2D eigenvalue weighted by atomic mass is 32.2. The van der Waals surface area contributed by atoms with Crippen LogP contribution in [0.25, 0.3) is 48.1 Å². The predicted molar refractivity (Wildman–Crippen MR) is 165 cm³/mol. The van der Waals surface area contributed by atoms with Crippen LogP contribution in [0.5, 0.6) is 0 Å². The summed E-state index contributed by atoms with van der Waals surface area (Å²) in [6.07, 6.45) is -2.37. The van der Waals surface area contributed by atoms with Crippen LogP contribution in [0.3, 0.4) is 0 Å². The van der Waals surface area contributed by atoms with Gasteiger partial charge in [-0.3, -0.25) is 0 Å². The Labute approximate surface area is 310 Å². The van der Waals surface area contributed by atoms with Crippen molar-refractivity contribution in [2.24, 2.45) is 0 Å². The van der Waals surface area contributed by atoms with E-state index in [4.69, 9.17) is 19.7 Å². The number of benzene rings is 3. The van der Waals surface area contributed by atoms with Gasteiger partial charge in [-0.15, -0.1) is 0 Å². The molecule has 0 saturated carbocycles. The highest BCUT2D eigenvalue weighted by Crippen LogP contribution is 2.48. The standard InChI is InChI=1S/C34H4F14N6S2/c1-52-29-13(32(53-2)54-3)5-12-16(19-21(35)25(39)30(26(40)22(19)36)55-33(43,44)45)15-11(4-10(14(15)8-51)9(6-49)7-50)17(18(12)29)20-23(37)27(41)31(28(42)24(20)38)56-34(46,47)48/h4-5H2. The van der Waals surface area contributed by atoms with Crippen molar-refractivity contribution in [3.8, 4) is 40.5 Å². The van der Waals surface area contributed by atoms with E-state index in [2.05, 4.69) is 14.5 Å². The largest absolute Gasteiger partial charge is 0.512 e. The third-order valence-electron chi connectivity index (χ3n) is 8.10. The summed E-state index contributed by atoms with van der Waals surface area (Å²) in [5.41, 5.74) is -24.4. The maximum absolute atomic E-state index is 16.1. The summed E-state index contributed by atoms with van der Waals surface area (Å²) in [5.74, 6) is -22.3. The molecule has 5 rings (SSSR count). The minimum absolute atomic E-state index is 0.771. The molecule has 0 atom stereocenters. The van der Waals surface area contributed by atoms with Crippen LogP contribution in [0.15, 0.2) is 32.3 Å². The lowest BCUT2D eigenvalue weighted by Crippen LogP contribution is -2.27. The van der Waals surface area contributed by atoms with E-state index < -0.39 is 181 Å². The number of rotatable bonds is 4. The summed E-state index contributed by atoms with van der Waals surface area (Å²) >= 11 is -3.27. The fraction of sp³-hybridized carbons (Fsp3) is 0.118. The van der Waals surface area contributed by atoms with Crippen molar-refractivity contribution in [2.75, 3.05) is 0 Å². The first-order valence-corrected chi connectivity index (χ1v) is 15.8. The lowest BCUT2D eigenvalue weighted by Gasteiger charge is -2.20. The number of hydrogen-bond acceptors (Lipinski definition) is 5. The second-order valence-corrected chi connectivity index (χ2v) is 13.0. The summed E-state index contributed by atoms with van der Waals surface area (Å²) in [6, 6.07) is 4.07. The van der Waals surface area contributed by atoms with Gasteiger partial charge in [0.25, 0.3) is 0 Å². The van der Waals surface area contributed by atoms with Crippen molar-refractivity contribution < 1.29 is 61.5 Å². The van der Waals surface area contributed by atoms with Gasteiger partial charge in [-0.2, -0.15) is 51.8 Å². The van der Waals surface area contributed by atoms with Gasteiger partial charge >= 0.3 is 16.8 Å². The number of allylic oxidation sites excluding steroid dienone is 2. The van der Waals surface area contributed by atoms with Crippen molar-refractivity contribution in [2.45, 2.75) is 33.6 Å². The van der Waals surface area contributed by atoms with Gasteiger partial charge in [-0.1, -0.05) is 0 Å². The Kier molecular flexibility index (Phi) is 10.4. The summed E-state index contributed by atoms with van der Waals surface area (Å²) in [4.78, 5) is 4.30. The zero-order chi connectivity index (χ0) is 41.9. The van der Waals surface area contributed by atoms with E-state index in [9.17, 15) is 42.1 Å². The topological polar surface area (TPSA) is 84.5 Å². The quantitative estimate of drug-likeness (QED) is 0.0861. The number of hydrogen-bond donors (Lipinski definition) is 0. The Hall–Kier alpha value is -6.46. The maximum Gasteiger partial charge on any atom is 0.512 e. The van der Waals surface area contributed by atoms with E-state index >= 15 is 35.1 Å². The molecule has 2 aliphatic rings. The number of halogens is 14. The van der Waals surface area contributed by atoms with Crippen molar-refractivity contribution in [1.29, 1.82) is 15.8 Å². The van der Waals surface area contributed by atoms with Crippen LogP contribution in [-0.2, 0) is 12.8 Å². The van der Waals surface area contributed by atoms with E-state index in [0.717, 1.165) is 0 Å². The summed E-state index contributed by atoms with van der Waals surface area (Å²) in [6.45, 7) is 22.6. The molecule has 3 aromatic carbocycles. The fourth-order valence-electron chi connectivity index (χ4n) is 6.16. The smallest absolute Gasteiger partial charge is 0.238 e. The Bertz CT molecular complexity index is 2550. The molecule has 0 aliphatic heterocycles. The zero-order valence-electron chi connectivity index (χ0n) is 26.2. The molecule has 0 saturated heterocycles. The zero-order valence-corrected chi connectivity index (χ0v) is 27.8. The number of alkyl halides is 6. The highest BCUT2D eigenvalue weighted by Gasteiger charge is 2.43. The summed E-state index contributed by atoms with van der Waals surface area (Å²) < 4.78 is 205. The minimum Gasteiger partial charge on any atom is -0.238 e. The van der Waals surface area contributed by atoms with Crippen LogP contribution in [-0.4, -0.2) is 11.0 Å². The van der Waals surface area contributed by atoms with E-state index in [-0.39, 0.29) is 0 Å². The molecule has 22 heteroatoms. The fourth-order valence-corrected chi connectivity index (χ4v) is 7.34. The Morgan fingerprint density at radius 1 is 0.554 bits per heavy atom. The first-order valence-electron chi connectivity index (χ1n) is 14.1. The maximum atomic E-state index is 16.1. The molecule has 0 fully saturated rings. The van der Waals surface area contributed by atoms with E-state index in [1.807, 2.05) is 0 Å². The van der Waals surface area contributed by atoms with Gasteiger partial charge in [0.2, 0.25) is 0 Å². The average molecular weight is 827 g/mol. The lowest BCUT2D eigenvalue weighted by molar-refractivity contribution is -0.0339. The molecule has 6 nitrogen and oxygen atoms in total. The van der Waals surface area contributed by atoms with Crippen LogP contribution < -0.4 is 10.4 Å². The van der Waals surface area contributed by atoms with Gasteiger partial charge in [0, 0.05) is 17.2 Å². The molecule has 2 aliphatic carbocycles. The predicted octanol–water partition coefficient (Wildman–Crippen LogP) is 9.57. The molecule has 0 bridgehead atoms. The molecule has 0 heterocycles.